The average molecular weight is 266 g/mol. The molecule has 0 aliphatic heterocycles. The van der Waals surface area contributed by atoms with Gasteiger partial charge in [0, 0.05) is 19.8 Å². The van der Waals surface area contributed by atoms with Crippen molar-refractivity contribution in [2.75, 3.05) is 11.9 Å². The van der Waals surface area contributed by atoms with Crippen LogP contribution in [0.15, 0.2) is 42.9 Å². The van der Waals surface area contributed by atoms with E-state index in [1.807, 2.05) is 30.2 Å². The fourth-order valence-corrected chi connectivity index (χ4v) is 2.38. The predicted octanol–water partition coefficient (Wildman–Crippen LogP) is 2.93. The van der Waals surface area contributed by atoms with Gasteiger partial charge in [-0.25, -0.2) is 9.97 Å². The Kier molecular flexibility index (Phi) is 3.37. The van der Waals surface area contributed by atoms with Gasteiger partial charge in [0.1, 0.15) is 5.52 Å². The predicted molar refractivity (Wildman–Crippen MR) is 81.9 cm³/mol. The van der Waals surface area contributed by atoms with Crippen LogP contribution in [0, 0.1) is 6.92 Å². The topological polar surface area (TPSA) is 42.7 Å². The number of benzene rings is 1. The lowest BCUT2D eigenvalue weighted by atomic mass is 10.1. The van der Waals surface area contributed by atoms with Crippen molar-refractivity contribution in [3.05, 3.63) is 54.0 Å². The van der Waals surface area contributed by atoms with Gasteiger partial charge in [-0.3, -0.25) is 0 Å². The first-order valence-electron chi connectivity index (χ1n) is 6.79. The van der Waals surface area contributed by atoms with Crippen LogP contribution in [-0.2, 0) is 13.5 Å². The first-order chi connectivity index (χ1) is 9.74. The first-order valence-corrected chi connectivity index (χ1v) is 6.79. The lowest BCUT2D eigenvalue weighted by molar-refractivity contribution is 0.947. The van der Waals surface area contributed by atoms with Crippen LogP contribution < -0.4 is 5.32 Å². The molecular formula is C16H18N4. The van der Waals surface area contributed by atoms with Gasteiger partial charge in [-0.15, -0.1) is 0 Å². The van der Waals surface area contributed by atoms with Crippen LogP contribution in [0.25, 0.3) is 11.0 Å². The van der Waals surface area contributed by atoms with E-state index in [1.54, 1.807) is 0 Å². The Morgan fingerprint density at radius 1 is 1.20 bits per heavy atom. The van der Waals surface area contributed by atoms with Crippen LogP contribution in [0.3, 0.4) is 0 Å². The molecule has 2 aromatic heterocycles. The molecule has 0 unspecified atom stereocenters. The van der Waals surface area contributed by atoms with Crippen molar-refractivity contribution >= 4 is 16.9 Å². The van der Waals surface area contributed by atoms with E-state index < -0.39 is 0 Å². The van der Waals surface area contributed by atoms with E-state index in [4.69, 9.17) is 0 Å². The van der Waals surface area contributed by atoms with Gasteiger partial charge in [0.05, 0.1) is 11.8 Å². The minimum atomic E-state index is 0.853. The zero-order chi connectivity index (χ0) is 13.9. The molecule has 4 nitrogen and oxygen atoms in total. The Balaban J connectivity index is 1.71. The van der Waals surface area contributed by atoms with Crippen molar-refractivity contribution in [1.82, 2.24) is 14.5 Å². The van der Waals surface area contributed by atoms with Gasteiger partial charge in [-0.1, -0.05) is 29.8 Å². The zero-order valence-corrected chi connectivity index (χ0v) is 11.8. The number of rotatable bonds is 4. The molecule has 1 N–H and O–H groups in total. The van der Waals surface area contributed by atoms with Gasteiger partial charge >= 0.3 is 0 Å². The minimum Gasteiger partial charge on any atom is -0.368 e. The maximum Gasteiger partial charge on any atom is 0.154 e. The normalized spacial score (nSPS) is 10.9. The average Bonchev–Trinajstić information content (AvgIpc) is 2.82. The van der Waals surface area contributed by atoms with E-state index in [1.165, 1.54) is 11.1 Å². The molecule has 0 spiro atoms. The van der Waals surface area contributed by atoms with E-state index in [2.05, 4.69) is 46.5 Å². The summed E-state index contributed by atoms with van der Waals surface area (Å²) in [5, 5.41) is 3.38. The van der Waals surface area contributed by atoms with Crippen molar-refractivity contribution in [2.45, 2.75) is 13.3 Å². The molecule has 0 amide bonds. The molecule has 1 aromatic carbocycles. The third-order valence-corrected chi connectivity index (χ3v) is 3.43. The molecule has 0 saturated heterocycles. The van der Waals surface area contributed by atoms with Gasteiger partial charge in [0.15, 0.2) is 5.82 Å². The molecule has 0 bridgehead atoms. The van der Waals surface area contributed by atoms with Gasteiger partial charge < -0.3 is 9.88 Å². The number of aromatic nitrogens is 3. The second-order valence-electron chi connectivity index (χ2n) is 5.05. The summed E-state index contributed by atoms with van der Waals surface area (Å²) in [6, 6.07) is 10.6. The number of nitrogens with zero attached hydrogens (tertiary/aromatic N) is 3. The second-order valence-corrected chi connectivity index (χ2v) is 5.05. The highest BCUT2D eigenvalue weighted by molar-refractivity contribution is 5.85. The van der Waals surface area contributed by atoms with Crippen molar-refractivity contribution in [2.24, 2.45) is 7.05 Å². The van der Waals surface area contributed by atoms with Crippen LogP contribution >= 0.6 is 0 Å². The van der Waals surface area contributed by atoms with Crippen molar-refractivity contribution in [1.29, 1.82) is 0 Å². The van der Waals surface area contributed by atoms with Crippen LogP contribution in [0.5, 0.6) is 0 Å². The third kappa shape index (κ3) is 2.50. The largest absolute Gasteiger partial charge is 0.368 e. The van der Waals surface area contributed by atoms with E-state index in [0.29, 0.717) is 0 Å². The minimum absolute atomic E-state index is 0.853. The summed E-state index contributed by atoms with van der Waals surface area (Å²) in [5.41, 5.74) is 4.66. The highest BCUT2D eigenvalue weighted by Gasteiger charge is 2.05. The molecule has 20 heavy (non-hydrogen) atoms. The van der Waals surface area contributed by atoms with E-state index in [0.717, 1.165) is 29.8 Å². The standard InChI is InChI=1S/C16H18N4/c1-12-4-3-5-13(10-12)6-8-17-16-15-14(7-9-18-16)20(2)11-19-15/h3-5,7,9-11H,6,8H2,1-2H3,(H,17,18). The fraction of sp³-hybridized carbons (Fsp3) is 0.250. The van der Waals surface area contributed by atoms with Crippen molar-refractivity contribution in [3.63, 3.8) is 0 Å². The quantitative estimate of drug-likeness (QED) is 0.789. The number of hydrogen-bond acceptors (Lipinski definition) is 3. The first kappa shape index (κ1) is 12.7. The van der Waals surface area contributed by atoms with Gasteiger partial charge in [-0.2, -0.15) is 0 Å². The van der Waals surface area contributed by atoms with Crippen LogP contribution in [-0.4, -0.2) is 21.1 Å². The Morgan fingerprint density at radius 2 is 2.10 bits per heavy atom. The summed E-state index contributed by atoms with van der Waals surface area (Å²) in [4.78, 5) is 8.78. The number of imidazole rings is 1. The molecule has 4 heteroatoms. The van der Waals surface area contributed by atoms with Crippen LogP contribution in [0.1, 0.15) is 11.1 Å². The Morgan fingerprint density at radius 3 is 2.95 bits per heavy atom. The zero-order valence-electron chi connectivity index (χ0n) is 11.8. The van der Waals surface area contributed by atoms with E-state index in [-0.39, 0.29) is 0 Å². The SMILES string of the molecule is Cc1cccc(CCNc2nccc3c2ncn3C)c1. The molecule has 0 aliphatic carbocycles. The van der Waals surface area contributed by atoms with Crippen molar-refractivity contribution in [3.8, 4) is 0 Å². The Bertz CT molecular complexity index is 730. The molecule has 0 radical (unpaired) electrons. The van der Waals surface area contributed by atoms with Gasteiger partial charge in [-0.05, 0) is 25.0 Å². The fourth-order valence-electron chi connectivity index (χ4n) is 2.38. The van der Waals surface area contributed by atoms with Crippen LogP contribution in [0.2, 0.25) is 0 Å². The highest BCUT2D eigenvalue weighted by atomic mass is 15.1. The third-order valence-electron chi connectivity index (χ3n) is 3.43. The number of anilines is 1. The number of pyridine rings is 1. The summed E-state index contributed by atoms with van der Waals surface area (Å²) < 4.78 is 2.00. The monoisotopic (exact) mass is 266 g/mol. The maximum absolute atomic E-state index is 4.40. The Labute approximate surface area is 118 Å². The molecular weight excluding hydrogens is 248 g/mol. The number of hydrogen-bond donors (Lipinski definition) is 1. The van der Waals surface area contributed by atoms with E-state index >= 15 is 0 Å². The highest BCUT2D eigenvalue weighted by Crippen LogP contribution is 2.18. The van der Waals surface area contributed by atoms with Crippen molar-refractivity contribution < 1.29 is 0 Å². The lowest BCUT2D eigenvalue weighted by Crippen LogP contribution is -2.06. The summed E-state index contributed by atoms with van der Waals surface area (Å²) in [5.74, 6) is 0.857. The summed E-state index contributed by atoms with van der Waals surface area (Å²) >= 11 is 0. The molecule has 0 atom stereocenters. The summed E-state index contributed by atoms with van der Waals surface area (Å²) in [7, 11) is 1.99. The molecule has 0 fully saturated rings. The number of nitrogens with one attached hydrogen (secondary N) is 1. The molecule has 102 valence electrons. The molecule has 2 heterocycles. The second kappa shape index (κ2) is 5.33. The molecule has 3 aromatic rings. The summed E-state index contributed by atoms with van der Waals surface area (Å²) in [6.07, 6.45) is 4.61. The number of aryl methyl sites for hydroxylation is 2. The van der Waals surface area contributed by atoms with Crippen LogP contribution in [0.4, 0.5) is 5.82 Å². The summed E-state index contributed by atoms with van der Waals surface area (Å²) in [6.45, 7) is 2.97. The van der Waals surface area contributed by atoms with Gasteiger partial charge in [0.2, 0.25) is 0 Å². The molecule has 0 aliphatic rings. The lowest BCUT2D eigenvalue weighted by Gasteiger charge is -2.07. The maximum atomic E-state index is 4.40. The Hall–Kier alpha value is -2.36. The van der Waals surface area contributed by atoms with E-state index in [9.17, 15) is 0 Å². The molecule has 3 rings (SSSR count). The van der Waals surface area contributed by atoms with Gasteiger partial charge in [0.25, 0.3) is 0 Å². The number of fused-ring (bicyclic) bond motifs is 1. The molecule has 0 saturated carbocycles. The smallest absolute Gasteiger partial charge is 0.154 e.